The summed E-state index contributed by atoms with van der Waals surface area (Å²) in [5.74, 6) is 1.72. The number of hydrogen-bond donors (Lipinski definition) is 1. The maximum Gasteiger partial charge on any atom is 0.204 e. The average molecular weight is 278 g/mol. The number of hydrogen-bond acceptors (Lipinski definition) is 5. The van der Waals surface area contributed by atoms with E-state index in [4.69, 9.17) is 4.74 Å². The molecule has 110 valence electrons. The topological polar surface area (TPSA) is 69.8 Å². The van der Waals surface area contributed by atoms with Crippen LogP contribution in [0.1, 0.15) is 31.4 Å². The van der Waals surface area contributed by atoms with E-state index in [0.717, 1.165) is 17.5 Å². The van der Waals surface area contributed by atoms with E-state index in [0.29, 0.717) is 6.61 Å². The van der Waals surface area contributed by atoms with Crippen LogP contribution in [0.3, 0.4) is 0 Å². The van der Waals surface area contributed by atoms with Gasteiger partial charge in [0.05, 0.1) is 18.3 Å². The van der Waals surface area contributed by atoms with Gasteiger partial charge in [0.1, 0.15) is 6.33 Å². The molecule has 2 aromatic heterocycles. The average Bonchev–Trinajstić information content (AvgIpc) is 2.95. The molecule has 1 N–H and O–H groups in total. The molecule has 0 saturated carbocycles. The van der Waals surface area contributed by atoms with Crippen molar-refractivity contribution in [3.8, 4) is 0 Å². The van der Waals surface area contributed by atoms with Crippen molar-refractivity contribution in [2.75, 3.05) is 19.0 Å². The van der Waals surface area contributed by atoms with E-state index in [1.807, 2.05) is 24.7 Å². The zero-order chi connectivity index (χ0) is 14.7. The highest BCUT2D eigenvalue weighted by atomic mass is 16.5. The van der Waals surface area contributed by atoms with Crippen molar-refractivity contribution in [2.24, 2.45) is 7.05 Å². The van der Waals surface area contributed by atoms with Crippen LogP contribution in [0, 0.1) is 6.92 Å². The van der Waals surface area contributed by atoms with Crippen LogP contribution in [0.15, 0.2) is 12.5 Å². The van der Waals surface area contributed by atoms with E-state index >= 15 is 0 Å². The Kier molecular flexibility index (Phi) is 4.39. The summed E-state index contributed by atoms with van der Waals surface area (Å²) in [5.41, 5.74) is 0.964. The largest absolute Gasteiger partial charge is 0.383 e. The Morgan fingerprint density at radius 2 is 2.15 bits per heavy atom. The molecule has 0 aromatic carbocycles. The molecule has 2 aromatic rings. The smallest absolute Gasteiger partial charge is 0.204 e. The zero-order valence-corrected chi connectivity index (χ0v) is 12.7. The van der Waals surface area contributed by atoms with Crippen molar-refractivity contribution in [1.29, 1.82) is 0 Å². The third kappa shape index (κ3) is 2.98. The number of nitrogens with one attached hydrogen (secondary N) is 1. The van der Waals surface area contributed by atoms with Crippen molar-refractivity contribution in [3.05, 3.63) is 24.0 Å². The van der Waals surface area contributed by atoms with Gasteiger partial charge in [0.25, 0.3) is 0 Å². The summed E-state index contributed by atoms with van der Waals surface area (Å²) in [6.07, 6.45) is 3.72. The maximum absolute atomic E-state index is 5.15. The lowest BCUT2D eigenvalue weighted by Gasteiger charge is -2.19. The van der Waals surface area contributed by atoms with E-state index < -0.39 is 0 Å². The summed E-state index contributed by atoms with van der Waals surface area (Å²) in [7, 11) is 3.63. The second kappa shape index (κ2) is 6.04. The molecule has 0 saturated heterocycles. The van der Waals surface area contributed by atoms with Crippen LogP contribution in [-0.2, 0) is 11.8 Å². The van der Waals surface area contributed by atoms with Gasteiger partial charge >= 0.3 is 0 Å². The summed E-state index contributed by atoms with van der Waals surface area (Å²) < 4.78 is 9.14. The van der Waals surface area contributed by atoms with Crippen LogP contribution in [0.25, 0.3) is 0 Å². The van der Waals surface area contributed by atoms with Gasteiger partial charge in [-0.05, 0) is 20.8 Å². The van der Waals surface area contributed by atoms with E-state index in [1.165, 1.54) is 0 Å². The first kappa shape index (κ1) is 14.5. The summed E-state index contributed by atoms with van der Waals surface area (Å²) in [6, 6.07) is 0.244. The highest BCUT2D eigenvalue weighted by Crippen LogP contribution is 2.21. The van der Waals surface area contributed by atoms with Gasteiger partial charge in [-0.3, -0.25) is 0 Å². The van der Waals surface area contributed by atoms with Crippen molar-refractivity contribution in [3.63, 3.8) is 0 Å². The highest BCUT2D eigenvalue weighted by Gasteiger charge is 2.18. The molecule has 0 bridgehead atoms. The molecule has 2 atom stereocenters. The number of anilines is 1. The van der Waals surface area contributed by atoms with Gasteiger partial charge in [-0.15, -0.1) is 10.2 Å². The number of nitrogens with zero attached hydrogens (tertiary/aromatic N) is 5. The third-order valence-corrected chi connectivity index (χ3v) is 3.18. The minimum Gasteiger partial charge on any atom is -0.383 e. The fourth-order valence-electron chi connectivity index (χ4n) is 2.22. The number of aromatic nitrogens is 5. The van der Waals surface area contributed by atoms with Crippen LogP contribution in [0.2, 0.25) is 0 Å². The summed E-state index contributed by atoms with van der Waals surface area (Å²) in [5, 5.41) is 11.5. The predicted octanol–water partition coefficient (Wildman–Crippen LogP) is 1.38. The van der Waals surface area contributed by atoms with E-state index in [2.05, 4.69) is 38.9 Å². The Labute approximate surface area is 119 Å². The van der Waals surface area contributed by atoms with E-state index in [9.17, 15) is 0 Å². The first-order chi connectivity index (χ1) is 9.52. The molecule has 0 aliphatic heterocycles. The lowest BCUT2D eigenvalue weighted by atomic mass is 10.3. The molecule has 0 radical (unpaired) electrons. The molecular formula is C13H22N6O. The van der Waals surface area contributed by atoms with E-state index in [-0.39, 0.29) is 12.1 Å². The molecule has 2 rings (SSSR count). The first-order valence-corrected chi connectivity index (χ1v) is 6.67. The lowest BCUT2D eigenvalue weighted by Crippen LogP contribution is -2.24. The fourth-order valence-corrected chi connectivity index (χ4v) is 2.22. The minimum atomic E-state index is 0.0564. The molecular weight excluding hydrogens is 256 g/mol. The fraction of sp³-hybridized carbons (Fsp3) is 0.615. The molecule has 7 heteroatoms. The van der Waals surface area contributed by atoms with Crippen LogP contribution in [0.5, 0.6) is 0 Å². The van der Waals surface area contributed by atoms with Crippen LogP contribution < -0.4 is 5.32 Å². The second-order valence-electron chi connectivity index (χ2n) is 5.09. The third-order valence-electron chi connectivity index (χ3n) is 3.18. The highest BCUT2D eigenvalue weighted by molar-refractivity contribution is 5.32. The van der Waals surface area contributed by atoms with Gasteiger partial charge in [0.2, 0.25) is 5.95 Å². The molecule has 0 spiro atoms. The molecule has 2 unspecified atom stereocenters. The maximum atomic E-state index is 5.15. The van der Waals surface area contributed by atoms with Gasteiger partial charge in [-0.25, -0.2) is 4.98 Å². The van der Waals surface area contributed by atoms with Gasteiger partial charge in [0.15, 0.2) is 5.82 Å². The van der Waals surface area contributed by atoms with Crippen molar-refractivity contribution < 1.29 is 4.74 Å². The first-order valence-electron chi connectivity index (χ1n) is 6.67. The quantitative estimate of drug-likeness (QED) is 0.864. The summed E-state index contributed by atoms with van der Waals surface area (Å²) in [4.78, 5) is 4.53. The number of rotatable bonds is 6. The Bertz CT molecular complexity index is 561. The Hall–Kier alpha value is -1.89. The van der Waals surface area contributed by atoms with Crippen molar-refractivity contribution in [2.45, 2.75) is 32.9 Å². The van der Waals surface area contributed by atoms with Crippen LogP contribution in [-0.4, -0.2) is 44.1 Å². The summed E-state index contributed by atoms with van der Waals surface area (Å²) in [6.45, 7) is 6.75. The van der Waals surface area contributed by atoms with Crippen molar-refractivity contribution >= 4 is 5.95 Å². The monoisotopic (exact) mass is 278 g/mol. The minimum absolute atomic E-state index is 0.0564. The van der Waals surface area contributed by atoms with Crippen molar-refractivity contribution in [1.82, 2.24) is 24.3 Å². The zero-order valence-electron chi connectivity index (χ0n) is 12.7. The number of imidazole rings is 1. The molecule has 20 heavy (non-hydrogen) atoms. The van der Waals surface area contributed by atoms with Gasteiger partial charge < -0.3 is 19.2 Å². The molecule has 0 aliphatic rings. The number of aryl methyl sites for hydroxylation is 2. The lowest BCUT2D eigenvalue weighted by molar-refractivity contribution is 0.190. The van der Waals surface area contributed by atoms with E-state index in [1.54, 1.807) is 13.4 Å². The molecule has 7 nitrogen and oxygen atoms in total. The van der Waals surface area contributed by atoms with Crippen LogP contribution in [0.4, 0.5) is 5.95 Å². The van der Waals surface area contributed by atoms with Gasteiger partial charge in [-0.1, -0.05) is 0 Å². The molecule has 0 aliphatic carbocycles. The molecule has 2 heterocycles. The molecule has 0 fully saturated rings. The SMILES string of the molecule is COCC(C)Nc1nc(C)cn1C(C)c1nncn1C. The second-order valence-corrected chi connectivity index (χ2v) is 5.09. The Morgan fingerprint density at radius 3 is 2.75 bits per heavy atom. The van der Waals surface area contributed by atoms with Crippen LogP contribution >= 0.6 is 0 Å². The molecule has 0 amide bonds. The number of methoxy groups -OCH3 is 1. The van der Waals surface area contributed by atoms with Gasteiger partial charge in [0, 0.05) is 26.4 Å². The summed E-state index contributed by atoms with van der Waals surface area (Å²) >= 11 is 0. The predicted molar refractivity (Wildman–Crippen MR) is 76.7 cm³/mol. The Balaban J connectivity index is 2.25. The van der Waals surface area contributed by atoms with Gasteiger partial charge in [-0.2, -0.15) is 0 Å². The standard InChI is InChI=1S/C13H22N6O/c1-9-6-19(11(3)12-17-14-8-18(12)4)13(15-9)16-10(2)7-20-5/h6,8,10-11H,7H2,1-5H3,(H,15,16). The Morgan fingerprint density at radius 1 is 1.40 bits per heavy atom. The number of ether oxygens (including phenoxy) is 1. The normalized spacial score (nSPS) is 14.2.